The van der Waals surface area contributed by atoms with Crippen molar-refractivity contribution in [2.75, 3.05) is 13.7 Å². The number of carbonyl (C=O) groups excluding carboxylic acids is 1. The quantitative estimate of drug-likeness (QED) is 0.726. The summed E-state index contributed by atoms with van der Waals surface area (Å²) in [5.41, 5.74) is 5.86. The summed E-state index contributed by atoms with van der Waals surface area (Å²) in [6, 6.07) is -0.413. The number of ether oxygens (including phenoxy) is 1. The summed E-state index contributed by atoms with van der Waals surface area (Å²) in [5.74, 6) is 0.866. The molecule has 0 aromatic rings. The molecule has 2 bridgehead atoms. The Morgan fingerprint density at radius 3 is 2.60 bits per heavy atom. The number of rotatable bonds is 5. The third kappa shape index (κ3) is 2.44. The third-order valence-corrected chi connectivity index (χ3v) is 3.40. The molecule has 3 fully saturated rings. The molecule has 3 N–H and O–H groups in total. The van der Waals surface area contributed by atoms with Gasteiger partial charge in [-0.1, -0.05) is 0 Å². The lowest BCUT2D eigenvalue weighted by Crippen LogP contribution is -2.69. The van der Waals surface area contributed by atoms with Crippen LogP contribution in [0, 0.1) is 5.92 Å². The molecule has 1 atom stereocenters. The lowest BCUT2D eigenvalue weighted by molar-refractivity contribution is -0.134. The Balaban J connectivity index is 0.00000112. The second kappa shape index (κ2) is 4.68. The monoisotopic (exact) mass is 234 g/mol. The van der Waals surface area contributed by atoms with Crippen molar-refractivity contribution in [3.05, 3.63) is 0 Å². The predicted molar refractivity (Wildman–Crippen MR) is 59.9 cm³/mol. The SMILES string of the molecule is COCC[C@@H](N)C(=O)NC12CC(C1)C2.Cl. The zero-order chi connectivity index (χ0) is 10.2. The molecule has 3 rings (SSSR count). The Kier molecular flexibility index (Phi) is 3.98. The van der Waals surface area contributed by atoms with Gasteiger partial charge in [-0.25, -0.2) is 0 Å². The highest BCUT2D eigenvalue weighted by Gasteiger charge is 2.57. The molecule has 0 aliphatic heterocycles. The minimum atomic E-state index is -0.413. The van der Waals surface area contributed by atoms with Crippen molar-refractivity contribution < 1.29 is 9.53 Å². The molecule has 88 valence electrons. The van der Waals surface area contributed by atoms with E-state index in [1.807, 2.05) is 0 Å². The number of methoxy groups -OCH3 is 1. The van der Waals surface area contributed by atoms with Crippen LogP contribution >= 0.6 is 12.4 Å². The minimum Gasteiger partial charge on any atom is -0.385 e. The van der Waals surface area contributed by atoms with E-state index in [-0.39, 0.29) is 23.9 Å². The van der Waals surface area contributed by atoms with Crippen LogP contribution in [0.3, 0.4) is 0 Å². The van der Waals surface area contributed by atoms with E-state index in [9.17, 15) is 4.79 Å². The fourth-order valence-electron chi connectivity index (χ4n) is 2.36. The van der Waals surface area contributed by atoms with E-state index in [0.29, 0.717) is 13.0 Å². The molecule has 0 heterocycles. The van der Waals surface area contributed by atoms with Crippen molar-refractivity contribution in [3.63, 3.8) is 0 Å². The average Bonchev–Trinajstić information content (AvgIpc) is 2.04. The second-order valence-corrected chi connectivity index (χ2v) is 4.64. The van der Waals surface area contributed by atoms with Gasteiger partial charge in [0.25, 0.3) is 0 Å². The van der Waals surface area contributed by atoms with E-state index in [1.165, 1.54) is 0 Å². The highest BCUT2D eigenvalue weighted by molar-refractivity contribution is 5.85. The van der Waals surface area contributed by atoms with Crippen LogP contribution in [0.25, 0.3) is 0 Å². The number of amides is 1. The van der Waals surface area contributed by atoms with Gasteiger partial charge in [0.15, 0.2) is 0 Å². The van der Waals surface area contributed by atoms with Crippen LogP contribution in [-0.2, 0) is 9.53 Å². The number of hydrogen-bond acceptors (Lipinski definition) is 3. The van der Waals surface area contributed by atoms with Crippen LogP contribution < -0.4 is 11.1 Å². The van der Waals surface area contributed by atoms with Gasteiger partial charge in [0.1, 0.15) is 0 Å². The Hall–Kier alpha value is -0.320. The van der Waals surface area contributed by atoms with Gasteiger partial charge in [-0.05, 0) is 31.6 Å². The Labute approximate surface area is 96.3 Å². The number of halogens is 1. The number of carbonyl (C=O) groups is 1. The Bertz CT molecular complexity index is 231. The first-order valence-corrected chi connectivity index (χ1v) is 5.22. The Morgan fingerprint density at radius 2 is 2.20 bits per heavy atom. The second-order valence-electron chi connectivity index (χ2n) is 4.64. The van der Waals surface area contributed by atoms with Crippen molar-refractivity contribution >= 4 is 18.3 Å². The van der Waals surface area contributed by atoms with Gasteiger partial charge in [0, 0.05) is 19.3 Å². The molecule has 0 spiro atoms. The summed E-state index contributed by atoms with van der Waals surface area (Å²) in [6.45, 7) is 0.546. The summed E-state index contributed by atoms with van der Waals surface area (Å²) in [6.07, 6.45) is 4.09. The van der Waals surface area contributed by atoms with Crippen LogP contribution in [0.15, 0.2) is 0 Å². The molecular formula is C10H19ClN2O2. The molecule has 0 saturated heterocycles. The standard InChI is InChI=1S/C10H18N2O2.ClH/c1-14-3-2-8(11)9(13)12-10-4-7(5-10)6-10;/h7-8H,2-6,11H2,1H3,(H,12,13);1H/t7?,8-,10?;/m1./s1. The molecular weight excluding hydrogens is 216 g/mol. The molecule has 4 nitrogen and oxygen atoms in total. The van der Waals surface area contributed by atoms with Crippen molar-refractivity contribution in [3.8, 4) is 0 Å². The molecule has 3 aliphatic rings. The number of nitrogens with two attached hydrogens (primary N) is 1. The highest BCUT2D eigenvalue weighted by Crippen LogP contribution is 2.56. The molecule has 5 heteroatoms. The first-order chi connectivity index (χ1) is 6.65. The van der Waals surface area contributed by atoms with E-state index in [0.717, 1.165) is 25.2 Å². The number of nitrogens with one attached hydrogen (secondary N) is 1. The molecule has 0 aromatic heterocycles. The van der Waals surface area contributed by atoms with Gasteiger partial charge in [0.2, 0.25) is 5.91 Å². The summed E-state index contributed by atoms with van der Waals surface area (Å²) >= 11 is 0. The van der Waals surface area contributed by atoms with Crippen molar-refractivity contribution in [2.45, 2.75) is 37.3 Å². The zero-order valence-electron chi connectivity index (χ0n) is 8.99. The predicted octanol–water partition coefficient (Wildman–Crippen LogP) is 0.441. The number of hydrogen-bond donors (Lipinski definition) is 2. The fraction of sp³-hybridized carbons (Fsp3) is 0.900. The molecule has 0 aromatic carbocycles. The van der Waals surface area contributed by atoms with E-state index >= 15 is 0 Å². The molecule has 0 unspecified atom stereocenters. The maximum absolute atomic E-state index is 11.6. The normalized spacial score (nSPS) is 33.1. The first kappa shape index (κ1) is 12.7. The lowest BCUT2D eigenvalue weighted by Gasteiger charge is -2.62. The van der Waals surface area contributed by atoms with Crippen LogP contribution in [0.5, 0.6) is 0 Å². The maximum Gasteiger partial charge on any atom is 0.237 e. The lowest BCUT2D eigenvalue weighted by atomic mass is 9.50. The molecule has 0 radical (unpaired) electrons. The molecule has 15 heavy (non-hydrogen) atoms. The van der Waals surface area contributed by atoms with E-state index in [1.54, 1.807) is 7.11 Å². The van der Waals surface area contributed by atoms with Gasteiger partial charge in [-0.3, -0.25) is 4.79 Å². The zero-order valence-corrected chi connectivity index (χ0v) is 9.81. The summed E-state index contributed by atoms with van der Waals surface area (Å²) < 4.78 is 4.88. The van der Waals surface area contributed by atoms with Crippen molar-refractivity contribution in [2.24, 2.45) is 11.7 Å². The first-order valence-electron chi connectivity index (χ1n) is 5.22. The minimum absolute atomic E-state index is 0. The van der Waals surface area contributed by atoms with Gasteiger partial charge in [0.05, 0.1) is 6.04 Å². The third-order valence-electron chi connectivity index (χ3n) is 3.40. The van der Waals surface area contributed by atoms with Crippen LogP contribution in [-0.4, -0.2) is 31.2 Å². The summed E-state index contributed by atoms with van der Waals surface area (Å²) in [7, 11) is 1.62. The smallest absolute Gasteiger partial charge is 0.237 e. The largest absolute Gasteiger partial charge is 0.385 e. The van der Waals surface area contributed by atoms with Gasteiger partial charge < -0.3 is 15.8 Å². The fourth-order valence-corrected chi connectivity index (χ4v) is 2.36. The van der Waals surface area contributed by atoms with E-state index < -0.39 is 6.04 Å². The molecule has 3 aliphatic carbocycles. The summed E-state index contributed by atoms with van der Waals surface area (Å²) in [5, 5.41) is 3.05. The topological polar surface area (TPSA) is 64.3 Å². The van der Waals surface area contributed by atoms with Gasteiger partial charge >= 0.3 is 0 Å². The maximum atomic E-state index is 11.6. The molecule has 1 amide bonds. The van der Waals surface area contributed by atoms with Crippen molar-refractivity contribution in [1.29, 1.82) is 0 Å². The van der Waals surface area contributed by atoms with Crippen LogP contribution in [0.4, 0.5) is 0 Å². The van der Waals surface area contributed by atoms with Gasteiger partial charge in [-0.2, -0.15) is 0 Å². The van der Waals surface area contributed by atoms with Crippen LogP contribution in [0.2, 0.25) is 0 Å². The van der Waals surface area contributed by atoms with E-state index in [2.05, 4.69) is 5.32 Å². The van der Waals surface area contributed by atoms with E-state index in [4.69, 9.17) is 10.5 Å². The highest BCUT2D eigenvalue weighted by atomic mass is 35.5. The van der Waals surface area contributed by atoms with Gasteiger partial charge in [-0.15, -0.1) is 12.4 Å². The van der Waals surface area contributed by atoms with Crippen LogP contribution in [0.1, 0.15) is 25.7 Å². The molecule has 3 saturated carbocycles. The Morgan fingerprint density at radius 1 is 1.60 bits per heavy atom. The average molecular weight is 235 g/mol. The summed E-state index contributed by atoms with van der Waals surface area (Å²) in [4.78, 5) is 11.6. The van der Waals surface area contributed by atoms with Crippen molar-refractivity contribution in [1.82, 2.24) is 5.32 Å².